The van der Waals surface area contributed by atoms with E-state index in [9.17, 15) is 18.8 Å². The highest BCUT2D eigenvalue weighted by atomic mass is 32.1. The first kappa shape index (κ1) is 17.1. The van der Waals surface area contributed by atoms with Crippen molar-refractivity contribution in [3.8, 4) is 0 Å². The summed E-state index contributed by atoms with van der Waals surface area (Å²) < 4.78 is 19.1. The summed E-state index contributed by atoms with van der Waals surface area (Å²) in [4.78, 5) is 36.1. The van der Waals surface area contributed by atoms with Crippen molar-refractivity contribution in [1.82, 2.24) is 10.6 Å². The monoisotopic (exact) mass is 341 g/mol. The molecule has 2 atom stereocenters. The molecule has 1 aromatic rings. The number of nitrogens with zero attached hydrogens (tertiary/aromatic N) is 1. The predicted molar refractivity (Wildman–Crippen MR) is 84.0 cm³/mol. The van der Waals surface area contributed by atoms with Crippen LogP contribution in [0.25, 0.3) is 0 Å². The zero-order valence-electron chi connectivity index (χ0n) is 12.5. The van der Waals surface area contributed by atoms with E-state index in [0.29, 0.717) is 0 Å². The first-order valence-electron chi connectivity index (χ1n) is 6.80. The van der Waals surface area contributed by atoms with Gasteiger partial charge in [-0.25, -0.2) is 9.18 Å². The molecule has 2 N–H and O–H groups in total. The van der Waals surface area contributed by atoms with Gasteiger partial charge in [-0.1, -0.05) is 0 Å². The first-order valence-corrected chi connectivity index (χ1v) is 7.44. The maximum Gasteiger partial charge on any atom is 0.416 e. The van der Waals surface area contributed by atoms with Crippen molar-refractivity contribution in [1.29, 1.82) is 0 Å². The lowest BCUT2D eigenvalue weighted by Crippen LogP contribution is -2.44. The Labute approximate surface area is 137 Å². The molecule has 1 aromatic carbocycles. The number of nitrogens with one attached hydrogen (secondary N) is 2. The second kappa shape index (κ2) is 6.86. The van der Waals surface area contributed by atoms with Crippen LogP contribution in [-0.4, -0.2) is 43.0 Å². The van der Waals surface area contributed by atoms with E-state index < -0.39 is 30.1 Å². The third-order valence-electron chi connectivity index (χ3n) is 3.42. The molecular formula is C14H16FN3O4S. The van der Waals surface area contributed by atoms with Crippen LogP contribution >= 0.6 is 12.6 Å². The lowest BCUT2D eigenvalue weighted by Gasteiger charge is -2.21. The summed E-state index contributed by atoms with van der Waals surface area (Å²) in [6, 6.07) is 3.25. The number of thiol groups is 1. The van der Waals surface area contributed by atoms with Crippen LogP contribution in [0.1, 0.15) is 17.3 Å². The number of ether oxygens (including phenoxy) is 1. The molecule has 124 valence electrons. The number of rotatable bonds is 4. The number of hydrogen-bond acceptors (Lipinski definition) is 5. The van der Waals surface area contributed by atoms with Gasteiger partial charge in [-0.15, -0.1) is 0 Å². The summed E-state index contributed by atoms with van der Waals surface area (Å²) >= 11 is 3.83. The highest BCUT2D eigenvalue weighted by molar-refractivity contribution is 7.81. The van der Waals surface area contributed by atoms with Gasteiger partial charge in [-0.2, -0.15) is 12.6 Å². The fraction of sp³-hybridized carbons (Fsp3) is 0.357. The van der Waals surface area contributed by atoms with Gasteiger partial charge in [0.05, 0.1) is 23.0 Å². The average molecular weight is 341 g/mol. The molecule has 0 bridgehead atoms. The molecule has 1 aliphatic rings. The Morgan fingerprint density at radius 1 is 1.43 bits per heavy atom. The fourth-order valence-electron chi connectivity index (χ4n) is 2.23. The van der Waals surface area contributed by atoms with Gasteiger partial charge in [0.15, 0.2) is 6.23 Å². The molecular weight excluding hydrogens is 325 g/mol. The molecule has 2 rings (SSSR count). The largest absolute Gasteiger partial charge is 0.423 e. The van der Waals surface area contributed by atoms with Gasteiger partial charge in [0.1, 0.15) is 5.82 Å². The van der Waals surface area contributed by atoms with E-state index in [2.05, 4.69) is 23.3 Å². The molecule has 3 amide bonds. The lowest BCUT2D eigenvalue weighted by atomic mass is 10.1. The van der Waals surface area contributed by atoms with Crippen LogP contribution in [0, 0.1) is 5.82 Å². The zero-order chi connectivity index (χ0) is 17.1. The number of anilines is 1. The van der Waals surface area contributed by atoms with E-state index >= 15 is 0 Å². The predicted octanol–water partition coefficient (Wildman–Crippen LogP) is 0.903. The topological polar surface area (TPSA) is 87.7 Å². The molecule has 1 fully saturated rings. The van der Waals surface area contributed by atoms with E-state index in [0.717, 1.165) is 6.07 Å². The number of carbonyl (C=O) groups excluding carboxylic acids is 3. The molecule has 0 aliphatic carbocycles. The van der Waals surface area contributed by atoms with Gasteiger partial charge in [0, 0.05) is 7.05 Å². The molecule has 0 aromatic heterocycles. The van der Waals surface area contributed by atoms with E-state index in [1.54, 1.807) is 6.92 Å². The fourth-order valence-corrected chi connectivity index (χ4v) is 2.32. The maximum atomic E-state index is 14.0. The van der Waals surface area contributed by atoms with Crippen molar-refractivity contribution in [3.63, 3.8) is 0 Å². The third-order valence-corrected chi connectivity index (χ3v) is 3.71. The Bertz CT molecular complexity index is 655. The summed E-state index contributed by atoms with van der Waals surface area (Å²) in [5.41, 5.74) is 0.103. The number of carbonyl (C=O) groups is 3. The van der Waals surface area contributed by atoms with Gasteiger partial charge < -0.3 is 15.4 Å². The van der Waals surface area contributed by atoms with Gasteiger partial charge in [0.25, 0.3) is 5.91 Å². The van der Waals surface area contributed by atoms with E-state index in [1.165, 1.54) is 24.1 Å². The van der Waals surface area contributed by atoms with Crippen molar-refractivity contribution in [2.24, 2.45) is 0 Å². The molecule has 1 unspecified atom stereocenters. The van der Waals surface area contributed by atoms with Crippen molar-refractivity contribution in [2.75, 3.05) is 17.7 Å². The summed E-state index contributed by atoms with van der Waals surface area (Å²) in [5.74, 6) is -1.76. The van der Waals surface area contributed by atoms with Crippen molar-refractivity contribution in [3.05, 3.63) is 29.6 Å². The van der Waals surface area contributed by atoms with Crippen LogP contribution in [0.15, 0.2) is 18.2 Å². The number of cyclic esters (lactones) is 1. The summed E-state index contributed by atoms with van der Waals surface area (Å²) in [5, 5.41) is 4.83. The van der Waals surface area contributed by atoms with Crippen LogP contribution in [0.5, 0.6) is 0 Å². The second-order valence-electron chi connectivity index (χ2n) is 4.88. The smallest absolute Gasteiger partial charge is 0.416 e. The average Bonchev–Trinajstić information content (AvgIpc) is 2.80. The SMILES string of the molecule is CNC(=O)c1ccc(N2C(=O)O[C@H](NC(=O)CS)C2C)cc1F. The Kier molecular flexibility index (Phi) is 5.09. The van der Waals surface area contributed by atoms with Gasteiger partial charge in [-0.3, -0.25) is 14.5 Å². The first-order chi connectivity index (χ1) is 10.9. The minimum atomic E-state index is -0.858. The Hall–Kier alpha value is -2.29. The normalized spacial score (nSPS) is 20.2. The highest BCUT2D eigenvalue weighted by Gasteiger charge is 2.40. The lowest BCUT2D eigenvalue weighted by molar-refractivity contribution is -0.121. The van der Waals surface area contributed by atoms with Crippen LogP contribution < -0.4 is 15.5 Å². The molecule has 9 heteroatoms. The zero-order valence-corrected chi connectivity index (χ0v) is 13.4. The minimum Gasteiger partial charge on any atom is -0.423 e. The summed E-state index contributed by atoms with van der Waals surface area (Å²) in [6.07, 6.45) is -1.57. The van der Waals surface area contributed by atoms with E-state index in [1.807, 2.05) is 0 Å². The van der Waals surface area contributed by atoms with Gasteiger partial charge in [-0.05, 0) is 25.1 Å². The van der Waals surface area contributed by atoms with Gasteiger partial charge in [0.2, 0.25) is 5.91 Å². The number of amides is 3. The maximum absolute atomic E-state index is 14.0. The standard InChI is InChI=1S/C14H16FN3O4S/c1-7-13(17-11(19)6-23)22-14(21)18(7)8-3-4-9(10(15)5-8)12(20)16-2/h3-5,7,13,23H,6H2,1-2H3,(H,16,20)(H,17,19)/t7?,13-/m0/s1. The molecule has 0 saturated carbocycles. The minimum absolute atomic E-state index is 0.0454. The van der Waals surface area contributed by atoms with Crippen LogP contribution in [-0.2, 0) is 9.53 Å². The summed E-state index contributed by atoms with van der Waals surface area (Å²) in [7, 11) is 1.39. The molecule has 0 spiro atoms. The van der Waals surface area contributed by atoms with E-state index in [-0.39, 0.29) is 22.9 Å². The number of hydrogen-bond donors (Lipinski definition) is 3. The molecule has 23 heavy (non-hydrogen) atoms. The Balaban J connectivity index is 2.24. The number of halogens is 1. The van der Waals surface area contributed by atoms with Crippen molar-refractivity contribution >= 4 is 36.2 Å². The number of benzene rings is 1. The summed E-state index contributed by atoms with van der Waals surface area (Å²) in [6.45, 7) is 1.65. The molecule has 1 heterocycles. The molecule has 0 radical (unpaired) electrons. The molecule has 1 saturated heterocycles. The van der Waals surface area contributed by atoms with E-state index in [4.69, 9.17) is 4.74 Å². The van der Waals surface area contributed by atoms with Crippen molar-refractivity contribution < 1.29 is 23.5 Å². The van der Waals surface area contributed by atoms with Gasteiger partial charge >= 0.3 is 6.09 Å². The third kappa shape index (κ3) is 3.39. The van der Waals surface area contributed by atoms with Crippen LogP contribution in [0.3, 0.4) is 0 Å². The van der Waals surface area contributed by atoms with Crippen LogP contribution in [0.2, 0.25) is 0 Å². The quantitative estimate of drug-likeness (QED) is 0.710. The Morgan fingerprint density at radius 3 is 2.70 bits per heavy atom. The highest BCUT2D eigenvalue weighted by Crippen LogP contribution is 2.27. The van der Waals surface area contributed by atoms with Crippen LogP contribution in [0.4, 0.5) is 14.9 Å². The molecule has 7 nitrogen and oxygen atoms in total. The van der Waals surface area contributed by atoms with Crippen molar-refractivity contribution in [2.45, 2.75) is 19.2 Å². The second-order valence-corrected chi connectivity index (χ2v) is 5.20. The molecule has 1 aliphatic heterocycles. The Morgan fingerprint density at radius 2 is 2.13 bits per heavy atom.